The number of rotatable bonds is 9. The first-order valence-electron chi connectivity index (χ1n) is 8.64. The summed E-state index contributed by atoms with van der Waals surface area (Å²) in [6.07, 6.45) is 9.54. The van der Waals surface area contributed by atoms with Crippen LogP contribution in [0.1, 0.15) is 70.3 Å². The summed E-state index contributed by atoms with van der Waals surface area (Å²) in [5.41, 5.74) is 1.49. The largest absolute Gasteiger partial charge is 0.314 e. The zero-order valence-corrected chi connectivity index (χ0v) is 15.2. The predicted molar refractivity (Wildman–Crippen MR) is 95.8 cm³/mol. The van der Waals surface area contributed by atoms with Crippen molar-refractivity contribution < 1.29 is 0 Å². The third-order valence-corrected chi connectivity index (χ3v) is 5.35. The van der Waals surface area contributed by atoms with Crippen molar-refractivity contribution in [2.75, 3.05) is 6.54 Å². The molecule has 0 spiro atoms. The van der Waals surface area contributed by atoms with Crippen LogP contribution >= 0.6 is 15.9 Å². The van der Waals surface area contributed by atoms with Crippen LogP contribution in [0.2, 0.25) is 0 Å². The minimum Gasteiger partial charge on any atom is -0.314 e. The highest BCUT2D eigenvalue weighted by Crippen LogP contribution is 2.39. The number of unbranched alkanes of at least 4 members (excludes halogenated alkanes) is 3. The molecule has 0 saturated heterocycles. The fourth-order valence-electron chi connectivity index (χ4n) is 3.18. The second-order valence-electron chi connectivity index (χ2n) is 6.94. The maximum atomic E-state index is 3.72. The molecule has 1 aliphatic rings. The summed E-state index contributed by atoms with van der Waals surface area (Å²) in [5, 5.41) is 3.72. The van der Waals surface area contributed by atoms with Crippen molar-refractivity contribution in [1.82, 2.24) is 5.32 Å². The first-order valence-corrected chi connectivity index (χ1v) is 9.44. The third kappa shape index (κ3) is 5.75. The van der Waals surface area contributed by atoms with Crippen molar-refractivity contribution in [1.29, 1.82) is 0 Å². The Hall–Kier alpha value is -0.340. The maximum absolute atomic E-state index is 3.72. The van der Waals surface area contributed by atoms with Gasteiger partial charge in [-0.05, 0) is 49.3 Å². The van der Waals surface area contributed by atoms with Crippen LogP contribution in [0.3, 0.4) is 0 Å². The van der Waals surface area contributed by atoms with Crippen molar-refractivity contribution in [3.05, 3.63) is 34.3 Å². The Balaban J connectivity index is 1.50. The number of hydrogen-bond donors (Lipinski definition) is 1. The molecule has 0 heterocycles. The molecular weight excluding hydrogens is 322 g/mol. The third-order valence-electron chi connectivity index (χ3n) is 4.62. The predicted octanol–water partition coefficient (Wildman–Crippen LogP) is 5.89. The molecule has 1 aliphatic carbocycles. The minimum atomic E-state index is 0.748. The summed E-state index contributed by atoms with van der Waals surface area (Å²) in [6, 6.07) is 9.42. The van der Waals surface area contributed by atoms with E-state index in [-0.39, 0.29) is 0 Å². The van der Waals surface area contributed by atoms with E-state index >= 15 is 0 Å². The summed E-state index contributed by atoms with van der Waals surface area (Å²) in [7, 11) is 0. The van der Waals surface area contributed by atoms with Crippen LogP contribution in [-0.4, -0.2) is 12.6 Å². The van der Waals surface area contributed by atoms with Gasteiger partial charge in [0.05, 0.1) is 0 Å². The van der Waals surface area contributed by atoms with E-state index < -0.39 is 0 Å². The van der Waals surface area contributed by atoms with Crippen molar-refractivity contribution in [2.45, 2.75) is 70.8 Å². The number of halogens is 1. The lowest BCUT2D eigenvalue weighted by Crippen LogP contribution is -2.40. The molecule has 0 aliphatic heterocycles. The smallest absolute Gasteiger partial charge is 0.0210 e. The zero-order valence-electron chi connectivity index (χ0n) is 13.6. The molecule has 1 fully saturated rings. The number of benzene rings is 1. The Kier molecular flexibility index (Phi) is 7.25. The lowest BCUT2D eigenvalue weighted by Gasteiger charge is -2.37. The SMILES string of the molecule is CC(C)CCCCCCNC1CC(c2ccccc2Br)C1. The highest BCUT2D eigenvalue weighted by atomic mass is 79.9. The molecule has 0 unspecified atom stereocenters. The quantitative estimate of drug-likeness (QED) is 0.546. The van der Waals surface area contributed by atoms with Gasteiger partial charge in [0, 0.05) is 10.5 Å². The fourth-order valence-corrected chi connectivity index (χ4v) is 3.79. The Morgan fingerprint density at radius 3 is 2.52 bits per heavy atom. The Bertz CT molecular complexity index is 410. The second-order valence-corrected chi connectivity index (χ2v) is 7.79. The van der Waals surface area contributed by atoms with Gasteiger partial charge >= 0.3 is 0 Å². The van der Waals surface area contributed by atoms with Gasteiger partial charge in [0.15, 0.2) is 0 Å². The monoisotopic (exact) mass is 351 g/mol. The molecular formula is C19H30BrN. The summed E-state index contributed by atoms with van der Waals surface area (Å²) < 4.78 is 1.28. The molecule has 1 aromatic rings. The average Bonchev–Trinajstić information content (AvgIpc) is 2.40. The Morgan fingerprint density at radius 1 is 1.10 bits per heavy atom. The highest BCUT2D eigenvalue weighted by molar-refractivity contribution is 9.10. The van der Waals surface area contributed by atoms with Crippen LogP contribution in [0.5, 0.6) is 0 Å². The van der Waals surface area contributed by atoms with Crippen molar-refractivity contribution in [3.8, 4) is 0 Å². The van der Waals surface area contributed by atoms with Crippen molar-refractivity contribution in [2.24, 2.45) is 5.92 Å². The molecule has 2 rings (SSSR count). The van der Waals surface area contributed by atoms with E-state index in [9.17, 15) is 0 Å². The van der Waals surface area contributed by atoms with Crippen molar-refractivity contribution >= 4 is 15.9 Å². The van der Waals surface area contributed by atoms with Crippen LogP contribution in [0.25, 0.3) is 0 Å². The van der Waals surface area contributed by atoms with Gasteiger partial charge in [-0.25, -0.2) is 0 Å². The molecule has 0 bridgehead atoms. The molecule has 0 amide bonds. The molecule has 0 atom stereocenters. The molecule has 0 aromatic heterocycles. The normalized spacial score (nSPS) is 21.5. The molecule has 1 saturated carbocycles. The molecule has 0 radical (unpaired) electrons. The summed E-state index contributed by atoms with van der Waals surface area (Å²) >= 11 is 3.67. The minimum absolute atomic E-state index is 0.748. The van der Waals surface area contributed by atoms with Gasteiger partial charge < -0.3 is 5.32 Å². The van der Waals surface area contributed by atoms with Gasteiger partial charge in [-0.2, -0.15) is 0 Å². The van der Waals surface area contributed by atoms with Gasteiger partial charge in [0.25, 0.3) is 0 Å². The number of hydrogen-bond acceptors (Lipinski definition) is 1. The fraction of sp³-hybridized carbons (Fsp3) is 0.684. The van der Waals surface area contributed by atoms with Gasteiger partial charge in [0.1, 0.15) is 0 Å². The molecule has 21 heavy (non-hydrogen) atoms. The van der Waals surface area contributed by atoms with Gasteiger partial charge in [0.2, 0.25) is 0 Å². The molecule has 1 N–H and O–H groups in total. The molecule has 1 aromatic carbocycles. The molecule has 118 valence electrons. The molecule has 2 heteroatoms. The van der Waals surface area contributed by atoms with Gasteiger partial charge in [-0.1, -0.05) is 73.7 Å². The van der Waals surface area contributed by atoms with E-state index in [0.29, 0.717) is 0 Å². The summed E-state index contributed by atoms with van der Waals surface area (Å²) in [5.74, 6) is 1.62. The highest BCUT2D eigenvalue weighted by Gasteiger charge is 2.30. The first-order chi connectivity index (χ1) is 10.2. The van der Waals surface area contributed by atoms with E-state index in [2.05, 4.69) is 59.4 Å². The average molecular weight is 352 g/mol. The van der Waals surface area contributed by atoms with Crippen LogP contribution in [0, 0.1) is 5.92 Å². The Morgan fingerprint density at radius 2 is 1.81 bits per heavy atom. The standard InChI is InChI=1S/C19H30BrN/c1-15(2)9-5-3-4-8-12-21-17-13-16(14-17)18-10-6-7-11-19(18)20/h6-7,10-11,15-17,21H,3-5,8-9,12-14H2,1-2H3. The van der Waals surface area contributed by atoms with Gasteiger partial charge in [-0.15, -0.1) is 0 Å². The lowest BCUT2D eigenvalue weighted by molar-refractivity contribution is 0.289. The van der Waals surface area contributed by atoms with E-state index in [1.165, 1.54) is 61.5 Å². The van der Waals surface area contributed by atoms with Crippen LogP contribution in [-0.2, 0) is 0 Å². The maximum Gasteiger partial charge on any atom is 0.0210 e. The molecule has 1 nitrogen and oxygen atoms in total. The van der Waals surface area contributed by atoms with Crippen LogP contribution in [0.15, 0.2) is 28.7 Å². The zero-order chi connectivity index (χ0) is 15.1. The van der Waals surface area contributed by atoms with E-state index in [4.69, 9.17) is 0 Å². The summed E-state index contributed by atoms with van der Waals surface area (Å²) in [4.78, 5) is 0. The van der Waals surface area contributed by atoms with Crippen molar-refractivity contribution in [3.63, 3.8) is 0 Å². The summed E-state index contributed by atoms with van der Waals surface area (Å²) in [6.45, 7) is 5.84. The van der Waals surface area contributed by atoms with E-state index in [1.54, 1.807) is 0 Å². The van der Waals surface area contributed by atoms with E-state index in [1.807, 2.05) is 0 Å². The first kappa shape index (κ1) is 17.0. The van der Waals surface area contributed by atoms with Crippen LogP contribution < -0.4 is 5.32 Å². The topological polar surface area (TPSA) is 12.0 Å². The van der Waals surface area contributed by atoms with Gasteiger partial charge in [-0.3, -0.25) is 0 Å². The van der Waals surface area contributed by atoms with Crippen LogP contribution in [0.4, 0.5) is 0 Å². The lowest BCUT2D eigenvalue weighted by atomic mass is 9.76. The second kappa shape index (κ2) is 8.95. The Labute approximate surface area is 139 Å². The number of nitrogens with one attached hydrogen (secondary N) is 1. The van der Waals surface area contributed by atoms with E-state index in [0.717, 1.165) is 17.9 Å².